The fourth-order valence-corrected chi connectivity index (χ4v) is 1.07. The molecule has 1 saturated heterocycles. The lowest BCUT2D eigenvalue weighted by atomic mass is 10.5. The Morgan fingerprint density at radius 2 is 1.58 bits per heavy atom. The molecule has 0 aromatic carbocycles. The number of imide groups is 1. The molecule has 68 valence electrons. The summed E-state index contributed by atoms with van der Waals surface area (Å²) in [5, 5.41) is 2.26. The molecule has 0 spiro atoms. The van der Waals surface area contributed by atoms with E-state index in [9.17, 15) is 9.59 Å². The Kier molecular flexibility index (Phi) is 2.52. The minimum Gasteiger partial charge on any atom is -0.307 e. The van der Waals surface area contributed by atoms with E-state index in [4.69, 9.17) is 0 Å². The van der Waals surface area contributed by atoms with Gasteiger partial charge in [-0.15, -0.1) is 0 Å². The van der Waals surface area contributed by atoms with Crippen molar-refractivity contribution < 1.29 is 9.59 Å². The van der Waals surface area contributed by atoms with E-state index in [0.29, 0.717) is 19.8 Å². The zero-order chi connectivity index (χ0) is 9.14. The molecule has 1 N–H and O–H groups in total. The second-order valence-electron chi connectivity index (χ2n) is 2.59. The molecule has 1 heterocycles. The molecule has 0 saturated carbocycles. The summed E-state index contributed by atoms with van der Waals surface area (Å²) in [6.07, 6.45) is 0. The smallest absolute Gasteiger partial charge is 0.307 e. The summed E-state index contributed by atoms with van der Waals surface area (Å²) in [4.78, 5) is 25.3. The van der Waals surface area contributed by atoms with Crippen molar-refractivity contribution in [3.8, 4) is 0 Å². The predicted octanol–water partition coefficient (Wildman–Crippen LogP) is 0.431. The van der Waals surface area contributed by atoms with E-state index >= 15 is 0 Å². The number of carbonyl (C=O) groups is 2. The van der Waals surface area contributed by atoms with E-state index < -0.39 is 0 Å². The number of nitrogens with zero attached hydrogens (tertiary/aromatic N) is 2. The van der Waals surface area contributed by atoms with Crippen molar-refractivity contribution in [3.05, 3.63) is 0 Å². The number of nitrogens with one attached hydrogen (secondary N) is 1. The van der Waals surface area contributed by atoms with Gasteiger partial charge < -0.3 is 9.80 Å². The maximum atomic E-state index is 11.1. The molecule has 5 heteroatoms. The van der Waals surface area contributed by atoms with Crippen LogP contribution in [0.15, 0.2) is 0 Å². The molecule has 5 nitrogen and oxygen atoms in total. The second-order valence-corrected chi connectivity index (χ2v) is 2.59. The van der Waals surface area contributed by atoms with Crippen LogP contribution in [0.5, 0.6) is 0 Å². The molecular formula is C7H13N3O2. The Hall–Kier alpha value is -1.26. The third-order valence-corrected chi connectivity index (χ3v) is 1.89. The zero-order valence-corrected chi connectivity index (χ0v) is 7.33. The van der Waals surface area contributed by atoms with Gasteiger partial charge in [0.15, 0.2) is 0 Å². The van der Waals surface area contributed by atoms with Gasteiger partial charge in [0.1, 0.15) is 0 Å². The standard InChI is InChI=1S/C7H13N3O2/c1-3-9-5-10(4-2)7(12)8-6(9)11/h3-5H2,1-2H3,(H,8,11,12). The van der Waals surface area contributed by atoms with Crippen molar-refractivity contribution in [2.45, 2.75) is 13.8 Å². The normalized spacial score (nSPS) is 18.2. The molecule has 0 bridgehead atoms. The highest BCUT2D eigenvalue weighted by Crippen LogP contribution is 2.01. The van der Waals surface area contributed by atoms with E-state index in [1.807, 2.05) is 13.8 Å². The maximum absolute atomic E-state index is 11.1. The van der Waals surface area contributed by atoms with Gasteiger partial charge in [0.05, 0.1) is 6.67 Å². The minimum atomic E-state index is -0.299. The molecule has 4 amide bonds. The molecule has 12 heavy (non-hydrogen) atoms. The predicted molar refractivity (Wildman–Crippen MR) is 43.6 cm³/mol. The number of amides is 4. The highest BCUT2D eigenvalue weighted by atomic mass is 16.2. The van der Waals surface area contributed by atoms with Crippen molar-refractivity contribution in [2.24, 2.45) is 0 Å². The van der Waals surface area contributed by atoms with E-state index in [0.717, 1.165) is 0 Å². The lowest BCUT2D eigenvalue weighted by Gasteiger charge is -2.33. The summed E-state index contributed by atoms with van der Waals surface area (Å²) in [7, 11) is 0. The van der Waals surface area contributed by atoms with Crippen LogP contribution >= 0.6 is 0 Å². The Bertz CT molecular complexity index is 185. The largest absolute Gasteiger partial charge is 0.326 e. The highest BCUT2D eigenvalue weighted by molar-refractivity contribution is 5.95. The first-order valence-corrected chi connectivity index (χ1v) is 4.03. The van der Waals surface area contributed by atoms with Crippen LogP contribution in [-0.2, 0) is 0 Å². The first-order chi connectivity index (χ1) is 5.69. The Balaban J connectivity index is 2.62. The van der Waals surface area contributed by atoms with Crippen LogP contribution in [0.4, 0.5) is 9.59 Å². The fraction of sp³-hybridized carbons (Fsp3) is 0.714. The third-order valence-electron chi connectivity index (χ3n) is 1.89. The Morgan fingerprint density at radius 1 is 1.17 bits per heavy atom. The van der Waals surface area contributed by atoms with Crippen molar-refractivity contribution in [1.82, 2.24) is 15.1 Å². The van der Waals surface area contributed by atoms with Crippen molar-refractivity contribution in [3.63, 3.8) is 0 Å². The molecule has 0 aromatic heterocycles. The lowest BCUT2D eigenvalue weighted by molar-refractivity contribution is 0.127. The fourth-order valence-electron chi connectivity index (χ4n) is 1.07. The van der Waals surface area contributed by atoms with E-state index in [1.165, 1.54) is 0 Å². The van der Waals surface area contributed by atoms with Crippen molar-refractivity contribution in [1.29, 1.82) is 0 Å². The van der Waals surface area contributed by atoms with Gasteiger partial charge in [-0.2, -0.15) is 0 Å². The van der Waals surface area contributed by atoms with Gasteiger partial charge in [0.2, 0.25) is 0 Å². The van der Waals surface area contributed by atoms with Gasteiger partial charge in [0, 0.05) is 13.1 Å². The molecular weight excluding hydrogens is 158 g/mol. The van der Waals surface area contributed by atoms with Gasteiger partial charge in [-0.05, 0) is 13.8 Å². The summed E-state index contributed by atoms with van der Waals surface area (Å²) < 4.78 is 0. The Morgan fingerprint density at radius 3 is 1.92 bits per heavy atom. The van der Waals surface area contributed by atoms with Gasteiger partial charge in [-0.3, -0.25) is 5.32 Å². The quantitative estimate of drug-likeness (QED) is 0.655. The van der Waals surface area contributed by atoms with Crippen LogP contribution < -0.4 is 5.32 Å². The number of rotatable bonds is 2. The zero-order valence-electron chi connectivity index (χ0n) is 7.33. The third kappa shape index (κ3) is 1.49. The van der Waals surface area contributed by atoms with Crippen LogP contribution in [-0.4, -0.2) is 41.6 Å². The molecule has 1 aliphatic rings. The Labute approximate surface area is 71.3 Å². The average Bonchev–Trinajstić information content (AvgIpc) is 2.05. The van der Waals surface area contributed by atoms with Crippen LogP contribution in [0.2, 0.25) is 0 Å². The van der Waals surface area contributed by atoms with Crippen LogP contribution in [0.25, 0.3) is 0 Å². The highest BCUT2D eigenvalue weighted by Gasteiger charge is 2.26. The topological polar surface area (TPSA) is 52.6 Å². The van der Waals surface area contributed by atoms with Gasteiger partial charge in [-0.1, -0.05) is 0 Å². The average molecular weight is 171 g/mol. The summed E-state index contributed by atoms with van der Waals surface area (Å²) in [6.45, 7) is 5.40. The monoisotopic (exact) mass is 171 g/mol. The van der Waals surface area contributed by atoms with Crippen LogP contribution in [0.1, 0.15) is 13.8 Å². The molecule has 1 fully saturated rings. The number of hydrogen-bond acceptors (Lipinski definition) is 2. The number of urea groups is 2. The molecule has 1 aliphatic heterocycles. The minimum absolute atomic E-state index is 0.299. The van der Waals surface area contributed by atoms with E-state index in [2.05, 4.69) is 5.32 Å². The van der Waals surface area contributed by atoms with Gasteiger partial charge in [0.25, 0.3) is 0 Å². The van der Waals surface area contributed by atoms with E-state index in [1.54, 1.807) is 9.80 Å². The maximum Gasteiger partial charge on any atom is 0.326 e. The molecule has 0 atom stereocenters. The first kappa shape index (κ1) is 8.83. The summed E-state index contributed by atoms with van der Waals surface area (Å²) in [6, 6.07) is -0.598. The van der Waals surface area contributed by atoms with E-state index in [-0.39, 0.29) is 12.1 Å². The summed E-state index contributed by atoms with van der Waals surface area (Å²) in [5.41, 5.74) is 0. The van der Waals surface area contributed by atoms with Crippen LogP contribution in [0, 0.1) is 0 Å². The first-order valence-electron chi connectivity index (χ1n) is 4.03. The lowest BCUT2D eigenvalue weighted by Crippen LogP contribution is -2.58. The molecule has 0 aromatic rings. The SMILES string of the molecule is CCN1CN(CC)C(=O)NC1=O. The molecule has 1 rings (SSSR count). The van der Waals surface area contributed by atoms with Crippen molar-refractivity contribution >= 4 is 12.1 Å². The van der Waals surface area contributed by atoms with Crippen LogP contribution in [0.3, 0.4) is 0 Å². The summed E-state index contributed by atoms with van der Waals surface area (Å²) in [5.74, 6) is 0. The summed E-state index contributed by atoms with van der Waals surface area (Å²) >= 11 is 0. The molecule has 0 aliphatic carbocycles. The van der Waals surface area contributed by atoms with Gasteiger partial charge in [-0.25, -0.2) is 9.59 Å². The molecule has 0 unspecified atom stereocenters. The number of carbonyl (C=O) groups excluding carboxylic acids is 2. The molecule has 0 radical (unpaired) electrons. The van der Waals surface area contributed by atoms with Crippen molar-refractivity contribution in [2.75, 3.05) is 19.8 Å². The van der Waals surface area contributed by atoms with Gasteiger partial charge >= 0.3 is 12.1 Å². The number of hydrogen-bond donors (Lipinski definition) is 1. The second kappa shape index (κ2) is 3.42.